The summed E-state index contributed by atoms with van der Waals surface area (Å²) in [6, 6.07) is 4.16. The molecule has 2 rings (SSSR count). The number of carbonyl (C=O) groups is 2. The Labute approximate surface area is 129 Å². The van der Waals surface area contributed by atoms with E-state index in [4.69, 9.17) is 0 Å². The van der Waals surface area contributed by atoms with Crippen LogP contribution in [-0.4, -0.2) is 35.0 Å². The third-order valence-corrected chi connectivity index (χ3v) is 5.42. The maximum atomic E-state index is 12.6. The molecule has 0 radical (unpaired) electrons. The zero-order valence-corrected chi connectivity index (χ0v) is 13.6. The fraction of sp³-hybridized carbons (Fsp3) is 0.625. The van der Waals surface area contributed by atoms with Crippen molar-refractivity contribution in [2.75, 3.05) is 7.05 Å². The molecule has 5 heteroatoms. The van der Waals surface area contributed by atoms with Gasteiger partial charge in [-0.3, -0.25) is 9.59 Å². The van der Waals surface area contributed by atoms with Crippen LogP contribution in [0.1, 0.15) is 31.6 Å². The van der Waals surface area contributed by atoms with Crippen molar-refractivity contribution in [3.05, 3.63) is 22.4 Å². The molecule has 1 fully saturated rings. The highest BCUT2D eigenvalue weighted by atomic mass is 32.1. The van der Waals surface area contributed by atoms with Crippen LogP contribution in [0.25, 0.3) is 0 Å². The lowest BCUT2D eigenvalue weighted by Gasteiger charge is -2.28. The molecule has 4 unspecified atom stereocenters. The van der Waals surface area contributed by atoms with Crippen LogP contribution in [-0.2, 0) is 16.0 Å². The molecule has 4 nitrogen and oxygen atoms in total. The predicted molar refractivity (Wildman–Crippen MR) is 83.3 cm³/mol. The van der Waals surface area contributed by atoms with E-state index < -0.39 is 11.9 Å². The first-order valence-corrected chi connectivity index (χ1v) is 8.30. The monoisotopic (exact) mass is 309 g/mol. The standard InChI is InChI=1S/C16H23NO3S/c1-10-7-13(14(8-10)16(19)20)15(18)17(3)11(2)9-12-5-4-6-21-12/h4-6,10-11,13-14H,7-9H2,1-3H3,(H,19,20). The smallest absolute Gasteiger partial charge is 0.307 e. The zero-order chi connectivity index (χ0) is 15.6. The number of nitrogens with zero attached hydrogens (tertiary/aromatic N) is 1. The predicted octanol–water partition coefficient (Wildman–Crippen LogP) is 2.88. The van der Waals surface area contributed by atoms with Gasteiger partial charge in [0, 0.05) is 24.4 Å². The summed E-state index contributed by atoms with van der Waals surface area (Å²) in [6.07, 6.45) is 2.12. The molecule has 0 aromatic carbocycles. The van der Waals surface area contributed by atoms with E-state index in [1.54, 1.807) is 23.3 Å². The molecule has 1 N–H and O–H groups in total. The molecule has 1 saturated carbocycles. The van der Waals surface area contributed by atoms with Crippen LogP contribution in [0, 0.1) is 17.8 Å². The highest BCUT2D eigenvalue weighted by Crippen LogP contribution is 2.37. The second kappa shape index (κ2) is 6.60. The molecule has 0 spiro atoms. The van der Waals surface area contributed by atoms with Crippen molar-refractivity contribution in [3.63, 3.8) is 0 Å². The maximum Gasteiger partial charge on any atom is 0.307 e. The molecule has 0 aliphatic heterocycles. The number of likely N-dealkylation sites (N-methyl/N-ethyl adjacent to an activating group) is 1. The number of hydrogen-bond donors (Lipinski definition) is 1. The molecule has 4 atom stereocenters. The molecular weight excluding hydrogens is 286 g/mol. The number of aliphatic carboxylic acids is 1. The van der Waals surface area contributed by atoms with Crippen LogP contribution in [0.15, 0.2) is 17.5 Å². The fourth-order valence-corrected chi connectivity index (χ4v) is 4.00. The lowest BCUT2D eigenvalue weighted by atomic mass is 9.94. The van der Waals surface area contributed by atoms with Gasteiger partial charge in [-0.05, 0) is 37.1 Å². The van der Waals surface area contributed by atoms with Crippen LogP contribution in [0.2, 0.25) is 0 Å². The number of hydrogen-bond acceptors (Lipinski definition) is 3. The summed E-state index contributed by atoms with van der Waals surface area (Å²) in [5.74, 6) is -1.44. The molecule has 1 amide bonds. The Morgan fingerprint density at radius 1 is 1.43 bits per heavy atom. The average Bonchev–Trinajstić information content (AvgIpc) is 3.06. The van der Waals surface area contributed by atoms with Gasteiger partial charge in [-0.2, -0.15) is 0 Å². The van der Waals surface area contributed by atoms with Gasteiger partial charge >= 0.3 is 5.97 Å². The van der Waals surface area contributed by atoms with Crippen LogP contribution >= 0.6 is 11.3 Å². The van der Waals surface area contributed by atoms with E-state index in [2.05, 4.69) is 6.07 Å². The highest BCUT2D eigenvalue weighted by molar-refractivity contribution is 7.09. The van der Waals surface area contributed by atoms with E-state index in [1.165, 1.54) is 4.88 Å². The summed E-state index contributed by atoms with van der Waals surface area (Å²) >= 11 is 1.69. The van der Waals surface area contributed by atoms with Crippen LogP contribution in [0.4, 0.5) is 0 Å². The molecular formula is C16H23NO3S. The Hall–Kier alpha value is -1.36. The average molecular weight is 309 g/mol. The summed E-state index contributed by atoms with van der Waals surface area (Å²) in [4.78, 5) is 27.0. The van der Waals surface area contributed by atoms with Crippen LogP contribution in [0.3, 0.4) is 0 Å². The summed E-state index contributed by atoms with van der Waals surface area (Å²) in [7, 11) is 1.79. The van der Waals surface area contributed by atoms with Crippen LogP contribution in [0.5, 0.6) is 0 Å². The van der Waals surface area contributed by atoms with Gasteiger partial charge in [0.25, 0.3) is 0 Å². The molecule has 1 aromatic rings. The van der Waals surface area contributed by atoms with E-state index in [-0.39, 0.29) is 17.9 Å². The first-order valence-electron chi connectivity index (χ1n) is 7.42. The van der Waals surface area contributed by atoms with E-state index in [0.717, 1.165) is 6.42 Å². The van der Waals surface area contributed by atoms with Crippen molar-refractivity contribution in [1.82, 2.24) is 4.90 Å². The second-order valence-electron chi connectivity index (χ2n) is 6.21. The quantitative estimate of drug-likeness (QED) is 0.910. The largest absolute Gasteiger partial charge is 0.481 e. The van der Waals surface area contributed by atoms with E-state index >= 15 is 0 Å². The van der Waals surface area contributed by atoms with Crippen LogP contribution < -0.4 is 0 Å². The van der Waals surface area contributed by atoms with Crippen molar-refractivity contribution < 1.29 is 14.7 Å². The SMILES string of the molecule is CC1CC(C(=O)O)C(C(=O)N(C)C(C)Cc2cccs2)C1. The minimum absolute atomic E-state index is 0.0178. The second-order valence-corrected chi connectivity index (χ2v) is 7.24. The first-order chi connectivity index (χ1) is 9.90. The summed E-state index contributed by atoms with van der Waals surface area (Å²) in [6.45, 7) is 4.05. The Kier molecular flexibility index (Phi) is 5.04. The van der Waals surface area contributed by atoms with Gasteiger partial charge in [0.2, 0.25) is 5.91 Å². The Bertz CT molecular complexity index is 500. The van der Waals surface area contributed by atoms with Gasteiger partial charge in [-0.1, -0.05) is 13.0 Å². The number of carboxylic acids is 1. The summed E-state index contributed by atoms with van der Waals surface area (Å²) in [5.41, 5.74) is 0. The number of carbonyl (C=O) groups excluding carboxylic acids is 1. The Morgan fingerprint density at radius 2 is 2.10 bits per heavy atom. The van der Waals surface area contributed by atoms with Crippen molar-refractivity contribution in [1.29, 1.82) is 0 Å². The normalized spacial score (nSPS) is 26.5. The molecule has 0 bridgehead atoms. The molecule has 116 valence electrons. The number of thiophene rings is 1. The van der Waals surface area contributed by atoms with Gasteiger partial charge in [-0.25, -0.2) is 0 Å². The lowest BCUT2D eigenvalue weighted by Crippen LogP contribution is -2.42. The van der Waals surface area contributed by atoms with Gasteiger partial charge in [0.05, 0.1) is 11.8 Å². The van der Waals surface area contributed by atoms with Gasteiger partial charge < -0.3 is 10.0 Å². The molecule has 1 heterocycles. The molecule has 1 aliphatic carbocycles. The molecule has 1 aromatic heterocycles. The molecule has 0 saturated heterocycles. The number of amides is 1. The van der Waals surface area contributed by atoms with Gasteiger partial charge in [0.15, 0.2) is 0 Å². The molecule has 21 heavy (non-hydrogen) atoms. The maximum absolute atomic E-state index is 12.6. The van der Waals surface area contributed by atoms with E-state index in [0.29, 0.717) is 18.8 Å². The first kappa shape index (κ1) is 16.0. The third-order valence-electron chi connectivity index (χ3n) is 4.52. The number of rotatable bonds is 5. The minimum atomic E-state index is -0.836. The van der Waals surface area contributed by atoms with Crippen molar-refractivity contribution in [2.24, 2.45) is 17.8 Å². The summed E-state index contributed by atoms with van der Waals surface area (Å²) in [5, 5.41) is 11.3. The van der Waals surface area contributed by atoms with E-state index in [9.17, 15) is 14.7 Å². The minimum Gasteiger partial charge on any atom is -0.481 e. The lowest BCUT2D eigenvalue weighted by molar-refractivity contribution is -0.149. The highest BCUT2D eigenvalue weighted by Gasteiger charge is 2.42. The van der Waals surface area contributed by atoms with E-state index in [1.807, 2.05) is 25.3 Å². The number of carboxylic acid groups (broad SMARTS) is 1. The molecule has 1 aliphatic rings. The summed E-state index contributed by atoms with van der Waals surface area (Å²) < 4.78 is 0. The van der Waals surface area contributed by atoms with Crippen molar-refractivity contribution >= 4 is 23.2 Å². The van der Waals surface area contributed by atoms with Crippen molar-refractivity contribution in [3.8, 4) is 0 Å². The van der Waals surface area contributed by atoms with Gasteiger partial charge in [-0.15, -0.1) is 11.3 Å². The topological polar surface area (TPSA) is 57.6 Å². The zero-order valence-electron chi connectivity index (χ0n) is 12.8. The Balaban J connectivity index is 2.02. The Morgan fingerprint density at radius 3 is 2.67 bits per heavy atom. The third kappa shape index (κ3) is 3.64. The fourth-order valence-electron chi connectivity index (χ4n) is 3.17. The van der Waals surface area contributed by atoms with Gasteiger partial charge in [0.1, 0.15) is 0 Å². The van der Waals surface area contributed by atoms with Crippen molar-refractivity contribution in [2.45, 2.75) is 39.2 Å².